The Morgan fingerprint density at radius 2 is 1.79 bits per heavy atom. The molecule has 1 saturated heterocycles. The molecule has 2 fully saturated rings. The van der Waals surface area contributed by atoms with Crippen LogP contribution in [-0.2, 0) is 21.2 Å². The molecule has 156 valence electrons. The second-order valence-electron chi connectivity index (χ2n) is 9.05. The maximum atomic E-state index is 12.9. The topological polar surface area (TPSA) is 66.5 Å². The highest BCUT2D eigenvalue weighted by Crippen LogP contribution is 2.38. The summed E-state index contributed by atoms with van der Waals surface area (Å²) in [6.07, 6.45) is 3.34. The monoisotopic (exact) mass is 406 g/mol. The number of hydrogen-bond acceptors (Lipinski definition) is 4. The first-order valence-corrected chi connectivity index (χ1v) is 12.4. The maximum Gasteiger partial charge on any atom is 0.227 e. The van der Waals surface area contributed by atoms with Gasteiger partial charge in [-0.2, -0.15) is 0 Å². The number of nitrogens with one attached hydrogen (secondary N) is 1. The van der Waals surface area contributed by atoms with E-state index in [1.807, 2.05) is 24.3 Å². The molecule has 5 nitrogen and oxygen atoms in total. The number of carbonyl (C=O) groups is 1. The molecule has 1 amide bonds. The molecule has 1 aliphatic heterocycles. The third kappa shape index (κ3) is 5.57. The van der Waals surface area contributed by atoms with E-state index in [1.54, 1.807) is 0 Å². The Balaban J connectivity index is 1.57. The average molecular weight is 407 g/mol. The molecule has 0 bridgehead atoms. The zero-order chi connectivity index (χ0) is 20.3. The number of hydrogen-bond donors (Lipinski definition) is 1. The van der Waals surface area contributed by atoms with Crippen LogP contribution in [0.1, 0.15) is 45.6 Å². The van der Waals surface area contributed by atoms with Gasteiger partial charge in [0.05, 0.1) is 11.5 Å². The first-order chi connectivity index (χ1) is 13.2. The molecule has 3 rings (SSSR count). The highest BCUT2D eigenvalue weighted by molar-refractivity contribution is 7.91. The van der Waals surface area contributed by atoms with E-state index in [2.05, 4.69) is 31.0 Å². The van der Waals surface area contributed by atoms with Crippen LogP contribution >= 0.6 is 0 Å². The predicted molar refractivity (Wildman–Crippen MR) is 114 cm³/mol. The minimum atomic E-state index is -2.84. The van der Waals surface area contributed by atoms with Gasteiger partial charge in [-0.15, -0.1) is 0 Å². The molecule has 0 aromatic heterocycles. The number of rotatable bonds is 5. The normalized spacial score (nSPS) is 28.2. The minimum absolute atomic E-state index is 0.0960. The van der Waals surface area contributed by atoms with Gasteiger partial charge >= 0.3 is 0 Å². The van der Waals surface area contributed by atoms with Crippen LogP contribution in [0.25, 0.3) is 0 Å². The molecular weight excluding hydrogens is 372 g/mol. The summed E-state index contributed by atoms with van der Waals surface area (Å²) >= 11 is 0. The van der Waals surface area contributed by atoms with Gasteiger partial charge in [0.2, 0.25) is 5.91 Å². The van der Waals surface area contributed by atoms with E-state index in [0.29, 0.717) is 30.8 Å². The standard InChI is InChI=1S/C22H34N2O3S/c1-16(2)20-9-4-17(3)14-21(20)22(25)23-19-7-5-18(6-8-19)15-24-10-12-28(26,27)13-11-24/h5-8,16-17,20-21H,4,9-15H2,1-3H3,(H,23,25)/t17-,20+,21-/m1/s1. The molecule has 1 N–H and O–H groups in total. The molecule has 1 saturated carbocycles. The third-order valence-corrected chi connectivity index (χ3v) is 8.03. The number of carbonyl (C=O) groups excluding carboxylic acids is 1. The number of anilines is 1. The molecule has 0 spiro atoms. The van der Waals surface area contributed by atoms with Gasteiger partial charge in [-0.1, -0.05) is 39.3 Å². The Kier molecular flexibility index (Phi) is 6.81. The molecule has 2 aliphatic rings. The number of nitrogens with zero attached hydrogens (tertiary/aromatic N) is 1. The van der Waals surface area contributed by atoms with Crippen molar-refractivity contribution in [2.24, 2.45) is 23.7 Å². The van der Waals surface area contributed by atoms with Gasteiger partial charge in [-0.05, 0) is 48.3 Å². The fourth-order valence-corrected chi connectivity index (χ4v) is 5.88. The van der Waals surface area contributed by atoms with E-state index >= 15 is 0 Å². The quantitative estimate of drug-likeness (QED) is 0.812. The number of amides is 1. The third-order valence-electron chi connectivity index (χ3n) is 6.42. The summed E-state index contributed by atoms with van der Waals surface area (Å²) in [5.41, 5.74) is 1.99. The smallest absolute Gasteiger partial charge is 0.227 e. The second kappa shape index (κ2) is 8.95. The highest BCUT2D eigenvalue weighted by atomic mass is 32.2. The van der Waals surface area contributed by atoms with E-state index in [9.17, 15) is 13.2 Å². The molecule has 28 heavy (non-hydrogen) atoms. The van der Waals surface area contributed by atoms with Crippen LogP contribution in [0.5, 0.6) is 0 Å². The van der Waals surface area contributed by atoms with E-state index in [-0.39, 0.29) is 23.3 Å². The molecule has 1 aliphatic carbocycles. The van der Waals surface area contributed by atoms with Crippen molar-refractivity contribution in [3.8, 4) is 0 Å². The van der Waals surface area contributed by atoms with Gasteiger partial charge in [0.15, 0.2) is 9.84 Å². The lowest BCUT2D eigenvalue weighted by Gasteiger charge is -2.36. The summed E-state index contributed by atoms with van der Waals surface area (Å²) in [6, 6.07) is 7.99. The first-order valence-electron chi connectivity index (χ1n) is 10.6. The van der Waals surface area contributed by atoms with Crippen LogP contribution in [0.2, 0.25) is 0 Å². The molecular formula is C22H34N2O3S. The van der Waals surface area contributed by atoms with Crippen molar-refractivity contribution >= 4 is 21.4 Å². The van der Waals surface area contributed by atoms with Crippen LogP contribution < -0.4 is 5.32 Å². The van der Waals surface area contributed by atoms with Crippen molar-refractivity contribution in [2.45, 2.75) is 46.6 Å². The van der Waals surface area contributed by atoms with E-state index in [1.165, 1.54) is 6.42 Å². The molecule has 6 heteroatoms. The van der Waals surface area contributed by atoms with Gasteiger partial charge in [-0.25, -0.2) is 8.42 Å². The highest BCUT2D eigenvalue weighted by Gasteiger charge is 2.35. The lowest BCUT2D eigenvalue weighted by molar-refractivity contribution is -0.123. The van der Waals surface area contributed by atoms with E-state index in [0.717, 1.165) is 30.6 Å². The molecule has 0 radical (unpaired) electrons. The Hall–Kier alpha value is -1.40. The summed E-state index contributed by atoms with van der Waals surface area (Å²) in [5, 5.41) is 3.13. The van der Waals surface area contributed by atoms with Gasteiger partial charge < -0.3 is 5.32 Å². The van der Waals surface area contributed by atoms with Gasteiger partial charge in [0.1, 0.15) is 0 Å². The zero-order valence-corrected chi connectivity index (χ0v) is 18.2. The minimum Gasteiger partial charge on any atom is -0.326 e. The van der Waals surface area contributed by atoms with Crippen molar-refractivity contribution in [1.29, 1.82) is 0 Å². The van der Waals surface area contributed by atoms with Crippen LogP contribution in [0.4, 0.5) is 5.69 Å². The second-order valence-corrected chi connectivity index (χ2v) is 11.4. The first kappa shape index (κ1) is 21.3. The van der Waals surface area contributed by atoms with Crippen molar-refractivity contribution in [1.82, 2.24) is 4.90 Å². The van der Waals surface area contributed by atoms with Gasteiger partial charge in [0, 0.05) is 31.2 Å². The summed E-state index contributed by atoms with van der Waals surface area (Å²) in [5.74, 6) is 2.35. The largest absolute Gasteiger partial charge is 0.326 e. The fraction of sp³-hybridized carbons (Fsp3) is 0.682. The van der Waals surface area contributed by atoms with Crippen LogP contribution in [0, 0.1) is 23.7 Å². The number of benzene rings is 1. The zero-order valence-electron chi connectivity index (χ0n) is 17.4. The van der Waals surface area contributed by atoms with Crippen molar-refractivity contribution in [2.75, 3.05) is 29.9 Å². The molecule has 1 heterocycles. The summed E-state index contributed by atoms with van der Waals surface area (Å²) in [4.78, 5) is 15.1. The predicted octanol–water partition coefficient (Wildman–Crippen LogP) is 3.56. The average Bonchev–Trinajstić information content (AvgIpc) is 2.64. The summed E-state index contributed by atoms with van der Waals surface area (Å²) < 4.78 is 23.1. The van der Waals surface area contributed by atoms with Crippen molar-refractivity contribution in [3.63, 3.8) is 0 Å². The van der Waals surface area contributed by atoms with Crippen molar-refractivity contribution in [3.05, 3.63) is 29.8 Å². The maximum absolute atomic E-state index is 12.9. The molecule has 3 atom stereocenters. The number of sulfone groups is 1. The Labute approximate surface area is 169 Å². The Morgan fingerprint density at radius 3 is 2.39 bits per heavy atom. The Bertz CT molecular complexity index is 759. The van der Waals surface area contributed by atoms with E-state index < -0.39 is 9.84 Å². The van der Waals surface area contributed by atoms with Crippen molar-refractivity contribution < 1.29 is 13.2 Å². The van der Waals surface area contributed by atoms with Gasteiger partial charge in [0.25, 0.3) is 0 Å². The SMILES string of the molecule is CC(C)[C@@H]1CC[C@@H](C)C[C@H]1C(=O)Nc1ccc(CN2CCS(=O)(=O)CC2)cc1. The Morgan fingerprint density at radius 1 is 1.14 bits per heavy atom. The van der Waals surface area contributed by atoms with Crippen LogP contribution in [0.3, 0.4) is 0 Å². The summed E-state index contributed by atoms with van der Waals surface area (Å²) in [6.45, 7) is 8.63. The summed E-state index contributed by atoms with van der Waals surface area (Å²) in [7, 11) is -2.84. The fourth-order valence-electron chi connectivity index (χ4n) is 4.60. The lowest BCUT2D eigenvalue weighted by atomic mass is 9.70. The van der Waals surface area contributed by atoms with Crippen LogP contribution in [-0.4, -0.2) is 43.8 Å². The molecule has 1 aromatic carbocycles. The molecule has 0 unspecified atom stereocenters. The van der Waals surface area contributed by atoms with E-state index in [4.69, 9.17) is 0 Å². The molecule has 1 aromatic rings. The van der Waals surface area contributed by atoms with Gasteiger partial charge in [-0.3, -0.25) is 9.69 Å². The lowest BCUT2D eigenvalue weighted by Crippen LogP contribution is -2.39. The van der Waals surface area contributed by atoms with Crippen LogP contribution in [0.15, 0.2) is 24.3 Å².